The van der Waals surface area contributed by atoms with Crippen molar-refractivity contribution in [2.24, 2.45) is 4.99 Å². The number of rotatable bonds is 6. The Kier molecular flexibility index (Phi) is 7.13. The Labute approximate surface area is 241 Å². The first-order valence-electron chi connectivity index (χ1n) is 12.8. The number of aromatic nitrogens is 5. The highest BCUT2D eigenvalue weighted by atomic mass is 32.1. The number of nitrogens with zero attached hydrogens (tertiary/aromatic N) is 6. The summed E-state index contributed by atoms with van der Waals surface area (Å²) in [5, 5.41) is 0.619. The van der Waals surface area contributed by atoms with Gasteiger partial charge in [0.05, 0.1) is 11.1 Å². The lowest BCUT2D eigenvalue weighted by Gasteiger charge is -2.20. The Morgan fingerprint density at radius 1 is 0.675 bits per heavy atom. The monoisotopic (exact) mass is 559 g/mol. The summed E-state index contributed by atoms with van der Waals surface area (Å²) in [6, 6.07) is 33.5. The van der Waals surface area contributed by atoms with Gasteiger partial charge in [0.25, 0.3) is 0 Å². The maximum absolute atomic E-state index is 7.01. The van der Waals surface area contributed by atoms with E-state index in [1.165, 1.54) is 0 Å². The van der Waals surface area contributed by atoms with E-state index in [1.54, 1.807) is 12.4 Å². The van der Waals surface area contributed by atoms with Crippen LogP contribution in [0.1, 0.15) is 5.56 Å². The molecule has 0 aliphatic heterocycles. The molecule has 40 heavy (non-hydrogen) atoms. The highest BCUT2D eigenvalue weighted by Crippen LogP contribution is 2.27. The zero-order valence-electron chi connectivity index (χ0n) is 21.5. The lowest BCUT2D eigenvalue weighted by Crippen LogP contribution is -2.28. The highest BCUT2D eigenvalue weighted by Gasteiger charge is 2.19. The van der Waals surface area contributed by atoms with Crippen molar-refractivity contribution in [1.82, 2.24) is 23.7 Å². The van der Waals surface area contributed by atoms with Gasteiger partial charge in [0.1, 0.15) is 10.5 Å². The number of anilines is 1. The van der Waals surface area contributed by atoms with Crippen LogP contribution in [0.2, 0.25) is 0 Å². The summed E-state index contributed by atoms with van der Waals surface area (Å²) in [6.07, 6.45) is 4.30. The molecule has 0 amide bonds. The maximum atomic E-state index is 7.01. The van der Waals surface area contributed by atoms with Gasteiger partial charge >= 0.3 is 0 Å². The summed E-state index contributed by atoms with van der Waals surface area (Å²) in [5.74, 6) is 0.438. The molecule has 0 bridgehead atoms. The average molecular weight is 560 g/mol. The van der Waals surface area contributed by atoms with Crippen LogP contribution in [0.25, 0.3) is 28.1 Å². The smallest absolute Gasteiger partial charge is 0.233 e. The third-order valence-corrected chi connectivity index (χ3v) is 7.34. The van der Waals surface area contributed by atoms with Crippen molar-refractivity contribution in [3.63, 3.8) is 0 Å². The zero-order valence-corrected chi connectivity index (χ0v) is 23.1. The van der Waals surface area contributed by atoms with Gasteiger partial charge in [-0.05, 0) is 72.7 Å². The fourth-order valence-corrected chi connectivity index (χ4v) is 5.51. The molecule has 0 aliphatic rings. The summed E-state index contributed by atoms with van der Waals surface area (Å²) in [4.78, 5) is 14.1. The van der Waals surface area contributed by atoms with E-state index in [4.69, 9.17) is 40.1 Å². The van der Waals surface area contributed by atoms with Crippen molar-refractivity contribution >= 4 is 41.3 Å². The van der Waals surface area contributed by atoms with E-state index in [1.807, 2.05) is 117 Å². The number of hydrogen-bond acceptors (Lipinski definition) is 6. The van der Waals surface area contributed by atoms with Crippen molar-refractivity contribution < 1.29 is 0 Å². The van der Waals surface area contributed by atoms with E-state index < -0.39 is 0 Å². The second-order valence-electron chi connectivity index (χ2n) is 9.08. The minimum atomic E-state index is 0.438. The fraction of sp³-hybridized carbons (Fsp3) is 0.0645. The van der Waals surface area contributed by atoms with Gasteiger partial charge in [-0.25, -0.2) is 0 Å². The van der Waals surface area contributed by atoms with Crippen LogP contribution < -0.4 is 11.4 Å². The molecule has 9 heteroatoms. The molecule has 196 valence electrons. The lowest BCUT2D eigenvalue weighted by molar-refractivity contribution is 0.807. The largest absolute Gasteiger partial charge is 0.384 e. The van der Waals surface area contributed by atoms with Gasteiger partial charge in [-0.2, -0.15) is 4.98 Å². The van der Waals surface area contributed by atoms with Gasteiger partial charge in [0.2, 0.25) is 5.62 Å². The Morgan fingerprint density at radius 2 is 1.20 bits per heavy atom. The van der Waals surface area contributed by atoms with E-state index in [0.29, 0.717) is 38.4 Å². The summed E-state index contributed by atoms with van der Waals surface area (Å²) in [7, 11) is 0. The van der Waals surface area contributed by atoms with Gasteiger partial charge in [0, 0.05) is 30.3 Å². The minimum absolute atomic E-state index is 0.438. The summed E-state index contributed by atoms with van der Waals surface area (Å²) >= 11 is 12.1. The molecule has 0 unspecified atom stereocenters. The van der Waals surface area contributed by atoms with Gasteiger partial charge in [-0.3, -0.25) is 23.7 Å². The van der Waals surface area contributed by atoms with Crippen LogP contribution >= 0.6 is 24.4 Å². The molecule has 0 saturated carbocycles. The number of fused-ring (bicyclic) bond motifs is 1. The summed E-state index contributed by atoms with van der Waals surface area (Å²) in [6.45, 7) is 0.512. The molecule has 6 rings (SSSR count). The Balaban J connectivity index is 1.71. The van der Waals surface area contributed by atoms with Crippen LogP contribution in [0.4, 0.5) is 5.82 Å². The normalized spacial score (nSPS) is 11.7. The molecule has 0 fully saturated rings. The molecular weight excluding hydrogens is 535 g/mol. The number of benzene rings is 3. The molecule has 2 N–H and O–H groups in total. The van der Waals surface area contributed by atoms with Crippen molar-refractivity contribution in [3.8, 4) is 17.1 Å². The van der Waals surface area contributed by atoms with Crippen molar-refractivity contribution in [3.05, 3.63) is 136 Å². The van der Waals surface area contributed by atoms with Gasteiger partial charge in [-0.1, -0.05) is 66.8 Å². The summed E-state index contributed by atoms with van der Waals surface area (Å²) < 4.78 is 6.62. The number of nitrogen functional groups attached to an aromatic ring is 1. The third-order valence-electron chi connectivity index (χ3n) is 6.58. The molecule has 0 atom stereocenters. The quantitative estimate of drug-likeness (QED) is 0.246. The Bertz CT molecular complexity index is 1980. The van der Waals surface area contributed by atoms with Crippen molar-refractivity contribution in [1.29, 1.82) is 0 Å². The van der Waals surface area contributed by atoms with Crippen LogP contribution in [0, 0.1) is 9.41 Å². The van der Waals surface area contributed by atoms with Gasteiger partial charge in [-0.15, -0.1) is 0 Å². The van der Waals surface area contributed by atoms with E-state index in [-0.39, 0.29) is 0 Å². The number of nitrogens with two attached hydrogens (primary N) is 1. The maximum Gasteiger partial charge on any atom is 0.233 e. The van der Waals surface area contributed by atoms with Gasteiger partial charge < -0.3 is 5.73 Å². The minimum Gasteiger partial charge on any atom is -0.384 e. The molecule has 0 radical (unpaired) electrons. The molecular formula is C31H25N7S2. The molecule has 6 aromatic rings. The molecule has 0 saturated heterocycles. The van der Waals surface area contributed by atoms with Crippen molar-refractivity contribution in [2.45, 2.75) is 6.42 Å². The van der Waals surface area contributed by atoms with E-state index in [2.05, 4.69) is 4.98 Å². The van der Waals surface area contributed by atoms with Gasteiger partial charge in [0.15, 0.2) is 10.4 Å². The SMILES string of the molecule is Nc1c2c(=S)n(-c3ccccc3)c(=S)n(-c3ccccc3)c2nc(=NCCc2ccncc2)n1-c1ccccc1. The van der Waals surface area contributed by atoms with E-state index in [9.17, 15) is 0 Å². The summed E-state index contributed by atoms with van der Waals surface area (Å²) in [5.41, 5.74) is 11.7. The van der Waals surface area contributed by atoms with Crippen LogP contribution in [0.5, 0.6) is 0 Å². The fourth-order valence-electron chi connectivity index (χ4n) is 4.68. The van der Waals surface area contributed by atoms with Crippen molar-refractivity contribution in [2.75, 3.05) is 12.3 Å². The first-order valence-corrected chi connectivity index (χ1v) is 13.6. The second-order valence-corrected chi connectivity index (χ2v) is 9.84. The number of hydrogen-bond donors (Lipinski definition) is 1. The Morgan fingerprint density at radius 3 is 1.77 bits per heavy atom. The first-order chi connectivity index (χ1) is 19.6. The first kappa shape index (κ1) is 25.5. The standard InChI is InChI=1S/C31H25N7S2/c32-27-26-28(35-30(36(27)23-10-4-1-5-11-23)34-21-18-22-16-19-33-20-17-22)37(24-12-6-2-7-13-24)31(40)38(29(26)39)25-14-8-3-9-15-25/h1-17,19-20H,18,21,32H2. The molecule has 0 spiro atoms. The number of para-hydroxylation sites is 3. The molecule has 7 nitrogen and oxygen atoms in total. The molecule has 3 aromatic heterocycles. The second kappa shape index (κ2) is 11.2. The molecule has 3 aromatic carbocycles. The predicted octanol–water partition coefficient (Wildman–Crippen LogP) is 6.19. The Hall–Kier alpha value is -4.73. The van der Waals surface area contributed by atoms with E-state index >= 15 is 0 Å². The van der Waals surface area contributed by atoms with Crippen LogP contribution in [0.15, 0.2) is 121 Å². The van der Waals surface area contributed by atoms with Crippen LogP contribution in [0.3, 0.4) is 0 Å². The van der Waals surface area contributed by atoms with Crippen LogP contribution in [-0.2, 0) is 6.42 Å². The third kappa shape index (κ3) is 4.76. The predicted molar refractivity (Wildman–Crippen MR) is 164 cm³/mol. The van der Waals surface area contributed by atoms with Crippen LogP contribution in [-0.4, -0.2) is 30.2 Å². The lowest BCUT2D eigenvalue weighted by atomic mass is 10.2. The molecule has 3 heterocycles. The molecule has 0 aliphatic carbocycles. The topological polar surface area (TPSA) is 78.9 Å². The average Bonchev–Trinajstić information content (AvgIpc) is 2.99. The zero-order chi connectivity index (χ0) is 27.5. The highest BCUT2D eigenvalue weighted by molar-refractivity contribution is 7.72. The number of pyridine rings is 1. The van der Waals surface area contributed by atoms with E-state index in [0.717, 1.165) is 29.0 Å².